The Balaban J connectivity index is 1.94. The summed E-state index contributed by atoms with van der Waals surface area (Å²) in [4.78, 5) is 0. The monoisotopic (exact) mass is 322 g/mol. The second kappa shape index (κ2) is 6.84. The van der Waals surface area contributed by atoms with Crippen LogP contribution in [0.1, 0.15) is 17.7 Å². The Bertz CT molecular complexity index is 524. The van der Waals surface area contributed by atoms with Gasteiger partial charge in [0.25, 0.3) is 0 Å². The van der Waals surface area contributed by atoms with E-state index >= 15 is 0 Å². The molecule has 0 saturated carbocycles. The Morgan fingerprint density at radius 3 is 2.79 bits per heavy atom. The van der Waals surface area contributed by atoms with E-state index in [-0.39, 0.29) is 6.04 Å². The lowest BCUT2D eigenvalue weighted by Gasteiger charge is -2.16. The summed E-state index contributed by atoms with van der Waals surface area (Å²) >= 11 is 3.57. The number of benzene rings is 1. The Morgan fingerprint density at radius 2 is 2.16 bits per heavy atom. The van der Waals surface area contributed by atoms with Gasteiger partial charge in [0.05, 0.1) is 0 Å². The first kappa shape index (κ1) is 14.2. The second-order valence-corrected chi connectivity index (χ2v) is 5.50. The number of aryl methyl sites for hydroxylation is 2. The van der Waals surface area contributed by atoms with Crippen molar-refractivity contribution in [3.05, 3.63) is 52.3 Å². The van der Waals surface area contributed by atoms with Crippen molar-refractivity contribution in [3.8, 4) is 0 Å². The molecule has 0 radical (unpaired) electrons. The predicted molar refractivity (Wildman–Crippen MR) is 80.5 cm³/mol. The number of halogens is 1. The lowest BCUT2D eigenvalue weighted by molar-refractivity contribution is 0.483. The lowest BCUT2D eigenvalue weighted by atomic mass is 10.0. The normalized spacial score (nSPS) is 12.6. The minimum Gasteiger partial charge on any atom is -0.273 e. The highest BCUT2D eigenvalue weighted by molar-refractivity contribution is 9.10. The van der Waals surface area contributed by atoms with Gasteiger partial charge in [0, 0.05) is 29.5 Å². The van der Waals surface area contributed by atoms with Crippen molar-refractivity contribution in [1.29, 1.82) is 0 Å². The molecule has 1 unspecified atom stereocenters. The molecule has 0 spiro atoms. The van der Waals surface area contributed by atoms with E-state index in [0.717, 1.165) is 23.7 Å². The van der Waals surface area contributed by atoms with Crippen molar-refractivity contribution in [1.82, 2.24) is 15.2 Å². The number of nitrogens with one attached hydrogen (secondary N) is 1. The fraction of sp³-hybridized carbons (Fsp3) is 0.357. The minimum atomic E-state index is 0.258. The molecule has 4 nitrogen and oxygen atoms in total. The number of hydrogen-bond donors (Lipinski definition) is 2. The minimum absolute atomic E-state index is 0.258. The molecule has 0 saturated heterocycles. The summed E-state index contributed by atoms with van der Waals surface area (Å²) < 4.78 is 3.04. The van der Waals surface area contributed by atoms with E-state index in [1.54, 1.807) is 0 Å². The van der Waals surface area contributed by atoms with Crippen LogP contribution in [0, 0.1) is 0 Å². The molecule has 0 amide bonds. The molecule has 0 aliphatic heterocycles. The van der Waals surface area contributed by atoms with Gasteiger partial charge in [0.2, 0.25) is 0 Å². The van der Waals surface area contributed by atoms with E-state index in [1.807, 2.05) is 30.1 Å². The predicted octanol–water partition coefficient (Wildman–Crippen LogP) is 2.19. The number of aromatic nitrogens is 2. The van der Waals surface area contributed by atoms with E-state index in [9.17, 15) is 0 Å². The standard InChI is InChI=1S/C14H19BrN4/c1-19-13(8-9-17-19)7-6-12(18-16)10-11-4-2-3-5-14(11)15/h2-5,8-9,12,18H,6-7,10,16H2,1H3. The Hall–Kier alpha value is -1.17. The van der Waals surface area contributed by atoms with Gasteiger partial charge in [-0.3, -0.25) is 16.0 Å². The number of rotatable bonds is 6. The van der Waals surface area contributed by atoms with Crippen LogP contribution < -0.4 is 11.3 Å². The van der Waals surface area contributed by atoms with Gasteiger partial charge >= 0.3 is 0 Å². The maximum Gasteiger partial charge on any atom is 0.0492 e. The molecule has 1 aromatic carbocycles. The zero-order chi connectivity index (χ0) is 13.7. The van der Waals surface area contributed by atoms with Crippen LogP contribution in [0.5, 0.6) is 0 Å². The molecule has 0 bridgehead atoms. The van der Waals surface area contributed by atoms with E-state index < -0.39 is 0 Å². The average molecular weight is 323 g/mol. The van der Waals surface area contributed by atoms with E-state index in [0.29, 0.717) is 0 Å². The molecule has 1 aromatic heterocycles. The first-order valence-corrected chi connectivity index (χ1v) is 7.16. The van der Waals surface area contributed by atoms with Crippen LogP contribution in [-0.2, 0) is 19.9 Å². The highest BCUT2D eigenvalue weighted by Crippen LogP contribution is 2.18. The average Bonchev–Trinajstić information content (AvgIpc) is 2.82. The summed E-state index contributed by atoms with van der Waals surface area (Å²) in [5.74, 6) is 5.66. The van der Waals surface area contributed by atoms with Crippen molar-refractivity contribution in [2.75, 3.05) is 0 Å². The zero-order valence-corrected chi connectivity index (χ0v) is 12.6. The van der Waals surface area contributed by atoms with Crippen LogP contribution in [0.25, 0.3) is 0 Å². The molecule has 1 atom stereocenters. The molecule has 3 N–H and O–H groups in total. The number of nitrogens with two attached hydrogens (primary N) is 1. The van der Waals surface area contributed by atoms with Gasteiger partial charge in [-0.05, 0) is 37.0 Å². The third-order valence-electron chi connectivity index (χ3n) is 3.33. The quantitative estimate of drug-likeness (QED) is 0.633. The molecule has 0 aliphatic rings. The molecular weight excluding hydrogens is 304 g/mol. The summed E-state index contributed by atoms with van der Waals surface area (Å²) in [5.41, 5.74) is 5.41. The van der Waals surface area contributed by atoms with Gasteiger partial charge < -0.3 is 0 Å². The van der Waals surface area contributed by atoms with Crippen LogP contribution in [0.3, 0.4) is 0 Å². The van der Waals surface area contributed by atoms with Gasteiger partial charge in [-0.15, -0.1) is 0 Å². The largest absolute Gasteiger partial charge is 0.273 e. The number of hydrogen-bond acceptors (Lipinski definition) is 3. The molecule has 2 aromatic rings. The smallest absolute Gasteiger partial charge is 0.0492 e. The van der Waals surface area contributed by atoms with E-state index in [1.165, 1.54) is 11.3 Å². The topological polar surface area (TPSA) is 55.9 Å². The second-order valence-electron chi connectivity index (χ2n) is 4.64. The van der Waals surface area contributed by atoms with Gasteiger partial charge in [0.1, 0.15) is 0 Å². The molecule has 0 fully saturated rings. The van der Waals surface area contributed by atoms with Crippen LogP contribution >= 0.6 is 15.9 Å². The first-order chi connectivity index (χ1) is 9.20. The highest BCUT2D eigenvalue weighted by Gasteiger charge is 2.11. The summed E-state index contributed by atoms with van der Waals surface area (Å²) in [6.07, 6.45) is 4.69. The van der Waals surface area contributed by atoms with Crippen LogP contribution in [0.15, 0.2) is 41.0 Å². The molecule has 1 heterocycles. The van der Waals surface area contributed by atoms with Gasteiger partial charge in [-0.2, -0.15) is 5.10 Å². The van der Waals surface area contributed by atoms with Crippen molar-refractivity contribution >= 4 is 15.9 Å². The molecule has 19 heavy (non-hydrogen) atoms. The SMILES string of the molecule is Cn1nccc1CCC(Cc1ccccc1Br)NN. The van der Waals surface area contributed by atoms with Gasteiger partial charge in [0.15, 0.2) is 0 Å². The van der Waals surface area contributed by atoms with Gasteiger partial charge in [-0.1, -0.05) is 34.1 Å². The fourth-order valence-electron chi connectivity index (χ4n) is 2.14. The lowest BCUT2D eigenvalue weighted by Crippen LogP contribution is -2.37. The van der Waals surface area contributed by atoms with Crippen molar-refractivity contribution in [2.45, 2.75) is 25.3 Å². The first-order valence-electron chi connectivity index (χ1n) is 6.37. The summed E-state index contributed by atoms with van der Waals surface area (Å²) in [7, 11) is 1.97. The van der Waals surface area contributed by atoms with Crippen LogP contribution in [0.2, 0.25) is 0 Å². The highest BCUT2D eigenvalue weighted by atomic mass is 79.9. The van der Waals surface area contributed by atoms with Crippen LogP contribution in [-0.4, -0.2) is 15.8 Å². The molecule has 0 aliphatic carbocycles. The zero-order valence-electron chi connectivity index (χ0n) is 11.0. The number of nitrogens with zero attached hydrogens (tertiary/aromatic N) is 2. The van der Waals surface area contributed by atoms with E-state index in [2.05, 4.69) is 44.7 Å². The molecule has 2 rings (SSSR count). The van der Waals surface area contributed by atoms with Crippen molar-refractivity contribution in [3.63, 3.8) is 0 Å². The third-order valence-corrected chi connectivity index (χ3v) is 4.10. The maximum absolute atomic E-state index is 5.66. The summed E-state index contributed by atoms with van der Waals surface area (Å²) in [6, 6.07) is 10.6. The van der Waals surface area contributed by atoms with E-state index in [4.69, 9.17) is 5.84 Å². The molecule has 5 heteroatoms. The molecule has 102 valence electrons. The maximum atomic E-state index is 5.66. The fourth-order valence-corrected chi connectivity index (χ4v) is 2.59. The third kappa shape index (κ3) is 3.89. The summed E-state index contributed by atoms with van der Waals surface area (Å²) in [6.45, 7) is 0. The van der Waals surface area contributed by atoms with Crippen LogP contribution in [0.4, 0.5) is 0 Å². The van der Waals surface area contributed by atoms with Crippen molar-refractivity contribution in [2.24, 2.45) is 12.9 Å². The Morgan fingerprint density at radius 1 is 1.37 bits per heavy atom. The Labute approximate surface area is 122 Å². The Kier molecular flexibility index (Phi) is 5.13. The van der Waals surface area contributed by atoms with Crippen molar-refractivity contribution < 1.29 is 0 Å². The number of hydrazine groups is 1. The molecular formula is C14H19BrN4. The van der Waals surface area contributed by atoms with Gasteiger partial charge in [-0.25, -0.2) is 0 Å². The summed E-state index contributed by atoms with van der Waals surface area (Å²) in [5, 5.41) is 4.18.